The number of aliphatic hydroxyl groups excluding tert-OH is 1. The zero-order valence-corrected chi connectivity index (χ0v) is 13.3. The second-order valence-electron chi connectivity index (χ2n) is 5.31. The zero-order valence-electron chi connectivity index (χ0n) is 13.3. The van der Waals surface area contributed by atoms with Gasteiger partial charge in [-0.05, 0) is 17.5 Å². The smallest absolute Gasteiger partial charge is 0.316 e. The molecule has 0 aliphatic rings. The molecular formula is C20H22O3. The standard InChI is InChI=1S/C20H22O3/c1-2-3-14-18(19(21)17-12-8-5-9-13-17)20(22)23-15-16-10-6-4-7-11-16/h3-14,18-19,21H,2,15H2,1H3/b14-3-/t18-,19+/m1/s1. The molecular weight excluding hydrogens is 288 g/mol. The summed E-state index contributed by atoms with van der Waals surface area (Å²) < 4.78 is 5.38. The lowest BCUT2D eigenvalue weighted by molar-refractivity contribution is -0.151. The first-order valence-corrected chi connectivity index (χ1v) is 7.82. The molecule has 0 heterocycles. The first-order valence-electron chi connectivity index (χ1n) is 7.82. The van der Waals surface area contributed by atoms with Crippen molar-refractivity contribution in [3.05, 3.63) is 83.9 Å². The van der Waals surface area contributed by atoms with E-state index in [1.165, 1.54) is 0 Å². The fraction of sp³-hybridized carbons (Fsp3) is 0.250. The first kappa shape index (κ1) is 17.0. The molecule has 2 aromatic rings. The van der Waals surface area contributed by atoms with Crippen LogP contribution in [0.15, 0.2) is 72.8 Å². The van der Waals surface area contributed by atoms with E-state index in [0.29, 0.717) is 5.56 Å². The highest BCUT2D eigenvalue weighted by Gasteiger charge is 2.27. The molecule has 0 aromatic heterocycles. The summed E-state index contributed by atoms with van der Waals surface area (Å²) in [6.45, 7) is 2.19. The summed E-state index contributed by atoms with van der Waals surface area (Å²) in [4.78, 5) is 12.4. The van der Waals surface area contributed by atoms with Crippen LogP contribution in [0.3, 0.4) is 0 Å². The van der Waals surface area contributed by atoms with Gasteiger partial charge in [-0.1, -0.05) is 79.7 Å². The number of aliphatic hydroxyl groups is 1. The van der Waals surface area contributed by atoms with Crippen molar-refractivity contribution in [1.82, 2.24) is 0 Å². The van der Waals surface area contributed by atoms with Crippen molar-refractivity contribution in [3.8, 4) is 0 Å². The van der Waals surface area contributed by atoms with Gasteiger partial charge in [0.15, 0.2) is 0 Å². The second-order valence-corrected chi connectivity index (χ2v) is 5.31. The Kier molecular flexibility index (Phi) is 6.57. The summed E-state index contributed by atoms with van der Waals surface area (Å²) >= 11 is 0. The molecule has 0 fully saturated rings. The highest BCUT2D eigenvalue weighted by Crippen LogP contribution is 2.25. The van der Waals surface area contributed by atoms with Crippen LogP contribution in [0.5, 0.6) is 0 Å². The molecule has 3 nitrogen and oxygen atoms in total. The monoisotopic (exact) mass is 310 g/mol. The Hall–Kier alpha value is -2.39. The molecule has 0 aliphatic heterocycles. The number of ether oxygens (including phenoxy) is 1. The maximum Gasteiger partial charge on any atom is 0.316 e. The zero-order chi connectivity index (χ0) is 16.5. The lowest BCUT2D eigenvalue weighted by Crippen LogP contribution is -2.23. The lowest BCUT2D eigenvalue weighted by Gasteiger charge is -2.19. The van der Waals surface area contributed by atoms with Crippen molar-refractivity contribution in [2.45, 2.75) is 26.1 Å². The van der Waals surface area contributed by atoms with Gasteiger partial charge in [-0.2, -0.15) is 0 Å². The number of allylic oxidation sites excluding steroid dienone is 1. The third-order valence-corrected chi connectivity index (χ3v) is 3.56. The van der Waals surface area contributed by atoms with Crippen LogP contribution in [0.1, 0.15) is 30.6 Å². The predicted molar refractivity (Wildman–Crippen MR) is 90.6 cm³/mol. The Bertz CT molecular complexity index is 620. The van der Waals surface area contributed by atoms with E-state index in [4.69, 9.17) is 4.74 Å². The van der Waals surface area contributed by atoms with Gasteiger partial charge in [-0.3, -0.25) is 4.79 Å². The van der Waals surface area contributed by atoms with Gasteiger partial charge in [-0.15, -0.1) is 0 Å². The van der Waals surface area contributed by atoms with Crippen molar-refractivity contribution < 1.29 is 14.6 Å². The maximum absolute atomic E-state index is 12.4. The molecule has 0 unspecified atom stereocenters. The summed E-state index contributed by atoms with van der Waals surface area (Å²) in [5.74, 6) is -1.13. The van der Waals surface area contributed by atoms with Gasteiger partial charge in [0, 0.05) is 0 Å². The Morgan fingerprint density at radius 2 is 1.70 bits per heavy atom. The molecule has 0 amide bonds. The molecule has 0 radical (unpaired) electrons. The minimum absolute atomic E-state index is 0.206. The minimum atomic E-state index is -0.915. The van der Waals surface area contributed by atoms with Gasteiger partial charge < -0.3 is 9.84 Å². The maximum atomic E-state index is 12.4. The SMILES string of the molecule is CC/C=C\[C@@H](C(=O)OCc1ccccc1)[C@@H](O)c1ccccc1. The molecule has 0 saturated heterocycles. The van der Waals surface area contributed by atoms with Crippen molar-refractivity contribution in [3.63, 3.8) is 0 Å². The minimum Gasteiger partial charge on any atom is -0.460 e. The average Bonchev–Trinajstić information content (AvgIpc) is 2.61. The largest absolute Gasteiger partial charge is 0.460 e. The molecule has 1 N–H and O–H groups in total. The molecule has 120 valence electrons. The quantitative estimate of drug-likeness (QED) is 0.620. The topological polar surface area (TPSA) is 46.5 Å². The van der Waals surface area contributed by atoms with E-state index in [-0.39, 0.29) is 6.61 Å². The lowest BCUT2D eigenvalue weighted by atomic mass is 9.95. The molecule has 2 rings (SSSR count). The number of hydrogen-bond acceptors (Lipinski definition) is 3. The van der Waals surface area contributed by atoms with E-state index in [2.05, 4.69) is 0 Å². The van der Waals surface area contributed by atoms with Crippen LogP contribution in [-0.2, 0) is 16.1 Å². The molecule has 0 bridgehead atoms. The Morgan fingerprint density at radius 1 is 1.09 bits per heavy atom. The van der Waals surface area contributed by atoms with Crippen LogP contribution >= 0.6 is 0 Å². The first-order chi connectivity index (χ1) is 11.2. The van der Waals surface area contributed by atoms with Crippen LogP contribution in [0.2, 0.25) is 0 Å². The van der Waals surface area contributed by atoms with E-state index in [1.54, 1.807) is 6.08 Å². The summed E-state index contributed by atoms with van der Waals surface area (Å²) in [5, 5.41) is 10.5. The number of carbonyl (C=O) groups is 1. The molecule has 0 saturated carbocycles. The fourth-order valence-electron chi connectivity index (χ4n) is 2.28. The molecule has 3 heteroatoms. The molecule has 2 atom stereocenters. The van der Waals surface area contributed by atoms with Crippen molar-refractivity contribution in [2.75, 3.05) is 0 Å². The van der Waals surface area contributed by atoms with Crippen molar-refractivity contribution >= 4 is 5.97 Å². The third-order valence-electron chi connectivity index (χ3n) is 3.56. The molecule has 0 aliphatic carbocycles. The van der Waals surface area contributed by atoms with E-state index in [9.17, 15) is 9.90 Å². The number of rotatable bonds is 7. The van der Waals surface area contributed by atoms with Crippen LogP contribution in [0.25, 0.3) is 0 Å². The van der Waals surface area contributed by atoms with Crippen molar-refractivity contribution in [1.29, 1.82) is 0 Å². The van der Waals surface area contributed by atoms with E-state index in [0.717, 1.165) is 12.0 Å². The summed E-state index contributed by atoms with van der Waals surface area (Å²) in [6, 6.07) is 18.7. The van der Waals surface area contributed by atoms with E-state index in [1.807, 2.05) is 73.7 Å². The summed E-state index contributed by atoms with van der Waals surface area (Å²) in [5.41, 5.74) is 1.63. The Labute approximate surface area is 137 Å². The number of esters is 1. The molecule has 0 spiro atoms. The number of carbonyl (C=O) groups excluding carboxylic acids is 1. The van der Waals surface area contributed by atoms with Gasteiger partial charge in [-0.25, -0.2) is 0 Å². The summed E-state index contributed by atoms with van der Waals surface area (Å²) in [6.07, 6.45) is 3.48. The third kappa shape index (κ3) is 5.08. The highest BCUT2D eigenvalue weighted by molar-refractivity contribution is 5.75. The summed E-state index contributed by atoms with van der Waals surface area (Å²) in [7, 11) is 0. The predicted octanol–water partition coefficient (Wildman–Crippen LogP) is 4.05. The van der Waals surface area contributed by atoms with Gasteiger partial charge in [0.05, 0.1) is 6.10 Å². The van der Waals surface area contributed by atoms with E-state index < -0.39 is 18.0 Å². The van der Waals surface area contributed by atoms with Gasteiger partial charge in [0.1, 0.15) is 12.5 Å². The number of hydrogen-bond donors (Lipinski definition) is 1. The highest BCUT2D eigenvalue weighted by atomic mass is 16.5. The Balaban J connectivity index is 2.08. The van der Waals surface area contributed by atoms with Crippen LogP contribution in [0.4, 0.5) is 0 Å². The number of benzene rings is 2. The van der Waals surface area contributed by atoms with Gasteiger partial charge in [0.2, 0.25) is 0 Å². The van der Waals surface area contributed by atoms with E-state index >= 15 is 0 Å². The average molecular weight is 310 g/mol. The van der Waals surface area contributed by atoms with Crippen molar-refractivity contribution in [2.24, 2.45) is 5.92 Å². The Morgan fingerprint density at radius 3 is 2.30 bits per heavy atom. The van der Waals surface area contributed by atoms with Crippen LogP contribution < -0.4 is 0 Å². The van der Waals surface area contributed by atoms with Crippen LogP contribution in [-0.4, -0.2) is 11.1 Å². The van der Waals surface area contributed by atoms with Gasteiger partial charge in [0.25, 0.3) is 0 Å². The normalized spacial score (nSPS) is 13.7. The second kappa shape index (κ2) is 8.91. The molecule has 2 aromatic carbocycles. The fourth-order valence-corrected chi connectivity index (χ4v) is 2.28. The molecule has 23 heavy (non-hydrogen) atoms. The van der Waals surface area contributed by atoms with Crippen LogP contribution in [0, 0.1) is 5.92 Å². The van der Waals surface area contributed by atoms with Gasteiger partial charge >= 0.3 is 5.97 Å².